The summed E-state index contributed by atoms with van der Waals surface area (Å²) in [5, 5.41) is 7.72. The number of ether oxygens (including phenoxy) is 1. The van der Waals surface area contributed by atoms with Crippen LogP contribution in [0.2, 0.25) is 0 Å². The van der Waals surface area contributed by atoms with Crippen molar-refractivity contribution in [1.82, 2.24) is 10.1 Å². The first kappa shape index (κ1) is 20.3. The molecule has 1 N–H and O–H groups in total. The van der Waals surface area contributed by atoms with Gasteiger partial charge in [-0.15, -0.1) is 0 Å². The van der Waals surface area contributed by atoms with E-state index in [1.54, 1.807) is 6.07 Å². The number of hydrogen-bond donors (Lipinski definition) is 1. The topological polar surface area (TPSA) is 67.6 Å². The molecule has 0 radical (unpaired) electrons. The van der Waals surface area contributed by atoms with E-state index in [4.69, 9.17) is 9.26 Å². The van der Waals surface area contributed by atoms with Crippen LogP contribution in [0.25, 0.3) is 10.9 Å². The Balaban J connectivity index is 1.23. The average Bonchev–Trinajstić information content (AvgIpc) is 3.15. The zero-order valence-electron chi connectivity index (χ0n) is 17.1. The Kier molecular flexibility index (Phi) is 6.28. The summed E-state index contributed by atoms with van der Waals surface area (Å²) < 4.78 is 24.8. The minimum Gasteiger partial charge on any atom is -0.491 e. The van der Waals surface area contributed by atoms with Crippen molar-refractivity contribution < 1.29 is 18.4 Å². The molecule has 0 spiro atoms. The van der Waals surface area contributed by atoms with Gasteiger partial charge in [-0.1, -0.05) is 17.3 Å². The van der Waals surface area contributed by atoms with Gasteiger partial charge in [0.1, 0.15) is 22.8 Å². The summed E-state index contributed by atoms with van der Waals surface area (Å²) in [5.41, 5.74) is 1.29. The van der Waals surface area contributed by atoms with Crippen LogP contribution in [0, 0.1) is 5.82 Å². The molecular formula is C23H26FN3O3. The molecular weight excluding hydrogens is 385 g/mol. The predicted octanol–water partition coefficient (Wildman–Crippen LogP) is 4.57. The predicted molar refractivity (Wildman–Crippen MR) is 113 cm³/mol. The van der Waals surface area contributed by atoms with Crippen LogP contribution in [0.15, 0.2) is 47.0 Å². The number of fused-ring (bicyclic) bond motifs is 1. The largest absolute Gasteiger partial charge is 0.491 e. The summed E-state index contributed by atoms with van der Waals surface area (Å²) in [4.78, 5) is 13.7. The standard InChI is InChI=1S/C23H26FN3O3/c1-16(28)25-20-5-2-3-6-22(20)29-14-4-11-27-12-9-17(10-13-27)23-19-8-7-18(24)15-21(19)26-30-23/h2-3,5-8,15,17H,4,9-14H2,1H3,(H,25,28). The highest BCUT2D eigenvalue weighted by atomic mass is 19.1. The second-order valence-corrected chi connectivity index (χ2v) is 7.70. The van der Waals surface area contributed by atoms with Crippen molar-refractivity contribution in [2.75, 3.05) is 31.6 Å². The fourth-order valence-electron chi connectivity index (χ4n) is 4.01. The number of likely N-dealkylation sites (tertiary alicyclic amines) is 1. The van der Waals surface area contributed by atoms with Gasteiger partial charge in [0.2, 0.25) is 5.91 Å². The smallest absolute Gasteiger partial charge is 0.221 e. The molecule has 1 aromatic heterocycles. The normalized spacial score (nSPS) is 15.4. The minimum atomic E-state index is -0.293. The number of rotatable bonds is 7. The van der Waals surface area contributed by atoms with Gasteiger partial charge >= 0.3 is 0 Å². The number of nitrogens with one attached hydrogen (secondary N) is 1. The first-order chi connectivity index (χ1) is 14.6. The SMILES string of the molecule is CC(=O)Nc1ccccc1OCCCN1CCC(c2onc3cc(F)ccc23)CC1. The van der Waals surface area contributed by atoms with E-state index in [1.165, 1.54) is 19.1 Å². The summed E-state index contributed by atoms with van der Waals surface area (Å²) in [7, 11) is 0. The van der Waals surface area contributed by atoms with Gasteiger partial charge in [-0.05, 0) is 56.6 Å². The molecule has 0 saturated carbocycles. The molecule has 6 nitrogen and oxygen atoms in total. The lowest BCUT2D eigenvalue weighted by Crippen LogP contribution is -2.34. The highest BCUT2D eigenvalue weighted by molar-refractivity contribution is 5.90. The van der Waals surface area contributed by atoms with Gasteiger partial charge in [0.05, 0.1) is 12.3 Å². The van der Waals surface area contributed by atoms with Crippen molar-refractivity contribution in [3.63, 3.8) is 0 Å². The lowest BCUT2D eigenvalue weighted by atomic mass is 9.92. The first-order valence-corrected chi connectivity index (χ1v) is 10.4. The van der Waals surface area contributed by atoms with Gasteiger partial charge < -0.3 is 19.5 Å². The zero-order chi connectivity index (χ0) is 20.9. The maximum absolute atomic E-state index is 13.4. The maximum Gasteiger partial charge on any atom is 0.221 e. The summed E-state index contributed by atoms with van der Waals surface area (Å²) in [6.07, 6.45) is 2.89. The lowest BCUT2D eigenvalue weighted by Gasteiger charge is -2.30. The third-order valence-electron chi connectivity index (χ3n) is 5.50. The second-order valence-electron chi connectivity index (χ2n) is 7.70. The maximum atomic E-state index is 13.4. The first-order valence-electron chi connectivity index (χ1n) is 10.4. The Hall–Kier alpha value is -2.93. The fourth-order valence-corrected chi connectivity index (χ4v) is 4.01. The number of nitrogens with zero attached hydrogens (tertiary/aromatic N) is 2. The number of aromatic nitrogens is 1. The van der Waals surface area contributed by atoms with Crippen LogP contribution in [0.4, 0.5) is 10.1 Å². The number of para-hydroxylation sites is 2. The van der Waals surface area contributed by atoms with Crippen LogP contribution in [0.5, 0.6) is 5.75 Å². The average molecular weight is 411 g/mol. The lowest BCUT2D eigenvalue weighted by molar-refractivity contribution is -0.114. The van der Waals surface area contributed by atoms with Crippen LogP contribution in [0.3, 0.4) is 0 Å². The van der Waals surface area contributed by atoms with Gasteiger partial charge in [0, 0.05) is 30.8 Å². The number of piperidine rings is 1. The molecule has 0 aliphatic carbocycles. The third-order valence-corrected chi connectivity index (χ3v) is 5.50. The quantitative estimate of drug-likeness (QED) is 0.577. The van der Waals surface area contributed by atoms with Crippen LogP contribution in [-0.2, 0) is 4.79 Å². The van der Waals surface area contributed by atoms with Crippen LogP contribution < -0.4 is 10.1 Å². The van der Waals surface area contributed by atoms with Crippen molar-refractivity contribution in [1.29, 1.82) is 0 Å². The highest BCUT2D eigenvalue weighted by Crippen LogP contribution is 2.33. The molecule has 2 heterocycles. The summed E-state index contributed by atoms with van der Waals surface area (Å²) >= 11 is 0. The van der Waals surface area contributed by atoms with E-state index >= 15 is 0 Å². The van der Waals surface area contributed by atoms with Gasteiger partial charge in [-0.2, -0.15) is 0 Å². The summed E-state index contributed by atoms with van der Waals surface area (Å²) in [6, 6.07) is 12.1. The molecule has 1 aliphatic heterocycles. The molecule has 4 rings (SSSR count). The zero-order valence-corrected chi connectivity index (χ0v) is 17.1. The van der Waals surface area contributed by atoms with E-state index < -0.39 is 0 Å². The molecule has 1 fully saturated rings. The van der Waals surface area contributed by atoms with E-state index in [-0.39, 0.29) is 11.7 Å². The molecule has 1 saturated heterocycles. The number of carbonyl (C=O) groups is 1. The van der Waals surface area contributed by atoms with Crippen LogP contribution >= 0.6 is 0 Å². The summed E-state index contributed by atoms with van der Waals surface area (Å²) in [5.74, 6) is 1.48. The van der Waals surface area contributed by atoms with Crippen molar-refractivity contribution in [2.45, 2.75) is 32.1 Å². The number of hydrogen-bond acceptors (Lipinski definition) is 5. The Morgan fingerprint density at radius 2 is 2.07 bits per heavy atom. The molecule has 2 aromatic carbocycles. The van der Waals surface area contributed by atoms with Crippen molar-refractivity contribution in [2.24, 2.45) is 0 Å². The monoisotopic (exact) mass is 411 g/mol. The Bertz CT molecular complexity index is 1010. The fraction of sp³-hybridized carbons (Fsp3) is 0.391. The van der Waals surface area contributed by atoms with Crippen molar-refractivity contribution in [3.8, 4) is 5.75 Å². The number of carbonyl (C=O) groups excluding carboxylic acids is 1. The van der Waals surface area contributed by atoms with Gasteiger partial charge in [0.15, 0.2) is 0 Å². The minimum absolute atomic E-state index is 0.112. The van der Waals surface area contributed by atoms with E-state index in [0.717, 1.165) is 50.0 Å². The van der Waals surface area contributed by atoms with Crippen LogP contribution in [0.1, 0.15) is 37.9 Å². The highest BCUT2D eigenvalue weighted by Gasteiger charge is 2.25. The number of halogens is 1. The van der Waals surface area contributed by atoms with E-state index in [1.807, 2.05) is 24.3 Å². The third kappa shape index (κ3) is 4.79. The van der Waals surface area contributed by atoms with Crippen molar-refractivity contribution in [3.05, 3.63) is 54.0 Å². The molecule has 158 valence electrons. The molecule has 1 amide bonds. The molecule has 0 atom stereocenters. The van der Waals surface area contributed by atoms with E-state index in [9.17, 15) is 9.18 Å². The Labute approximate surface area is 175 Å². The second kappa shape index (κ2) is 9.26. The van der Waals surface area contributed by atoms with Gasteiger partial charge in [0.25, 0.3) is 0 Å². The molecule has 3 aromatic rings. The van der Waals surface area contributed by atoms with Gasteiger partial charge in [-0.25, -0.2) is 4.39 Å². The number of amides is 1. The molecule has 0 bridgehead atoms. The molecule has 7 heteroatoms. The van der Waals surface area contributed by atoms with E-state index in [2.05, 4.69) is 15.4 Å². The number of anilines is 1. The molecule has 30 heavy (non-hydrogen) atoms. The molecule has 1 aliphatic rings. The van der Waals surface area contributed by atoms with Gasteiger partial charge in [-0.3, -0.25) is 4.79 Å². The molecule has 0 unspecified atom stereocenters. The van der Waals surface area contributed by atoms with Crippen LogP contribution in [-0.4, -0.2) is 42.2 Å². The Morgan fingerprint density at radius 3 is 2.87 bits per heavy atom. The van der Waals surface area contributed by atoms with E-state index in [0.29, 0.717) is 29.5 Å². The summed E-state index contributed by atoms with van der Waals surface area (Å²) in [6.45, 7) is 5.00. The Morgan fingerprint density at radius 1 is 1.27 bits per heavy atom. The number of benzene rings is 2. The van der Waals surface area contributed by atoms with Crippen molar-refractivity contribution >= 4 is 22.5 Å².